The first-order valence-electron chi connectivity index (χ1n) is 12.7. The minimum Gasteiger partial charge on any atom is -0.478 e. The number of unbranched alkanes of at least 4 members (excludes halogenated alkanes) is 2. The first-order chi connectivity index (χ1) is 17.9. The predicted octanol–water partition coefficient (Wildman–Crippen LogP) is 5.64. The van der Waals surface area contributed by atoms with Gasteiger partial charge < -0.3 is 9.67 Å². The van der Waals surface area contributed by atoms with E-state index in [0.717, 1.165) is 54.1 Å². The third kappa shape index (κ3) is 5.99. The second-order valence-electron chi connectivity index (χ2n) is 9.08. The van der Waals surface area contributed by atoms with E-state index in [4.69, 9.17) is 0 Å². The number of hydrogen-bond donors (Lipinski definition) is 1. The maximum absolute atomic E-state index is 13.4. The molecule has 194 valence electrons. The third-order valence-electron chi connectivity index (χ3n) is 6.40. The summed E-state index contributed by atoms with van der Waals surface area (Å²) in [4.78, 5) is 46.5. The van der Waals surface area contributed by atoms with Gasteiger partial charge in [0.1, 0.15) is 11.5 Å². The zero-order valence-electron chi connectivity index (χ0n) is 21.2. The monoisotopic (exact) mass is 520 g/mol. The molecule has 0 bridgehead atoms. The van der Waals surface area contributed by atoms with Crippen molar-refractivity contribution < 1.29 is 19.5 Å². The molecule has 9 heteroatoms. The minimum atomic E-state index is -0.967. The lowest BCUT2D eigenvalue weighted by Gasteiger charge is -2.16. The molecule has 2 aromatic heterocycles. The Hall–Kier alpha value is -3.72. The second kappa shape index (κ2) is 12.0. The molecule has 0 spiro atoms. The Bertz CT molecular complexity index is 1280. The number of imide groups is 1. The fourth-order valence-corrected chi connectivity index (χ4v) is 4.98. The third-order valence-corrected chi connectivity index (χ3v) is 7.26. The highest BCUT2D eigenvalue weighted by Crippen LogP contribution is 2.28. The van der Waals surface area contributed by atoms with Gasteiger partial charge in [0.05, 0.1) is 24.0 Å². The molecular weight excluding hydrogens is 488 g/mol. The van der Waals surface area contributed by atoms with Crippen LogP contribution in [0.2, 0.25) is 0 Å². The molecule has 0 saturated carbocycles. The fourth-order valence-electron chi connectivity index (χ4n) is 4.29. The number of nitrogens with zero attached hydrogens (tertiary/aromatic N) is 4. The van der Waals surface area contributed by atoms with Crippen LogP contribution in [0.15, 0.2) is 53.7 Å². The summed E-state index contributed by atoms with van der Waals surface area (Å²) in [5.41, 5.74) is 2.24. The number of carboxylic acid groups (broad SMARTS) is 1. The van der Waals surface area contributed by atoms with Crippen LogP contribution in [-0.2, 0) is 24.3 Å². The van der Waals surface area contributed by atoms with Gasteiger partial charge in [-0.2, -0.15) is 0 Å². The lowest BCUT2D eigenvalue weighted by Crippen LogP contribution is -2.33. The Morgan fingerprint density at radius 2 is 1.78 bits per heavy atom. The van der Waals surface area contributed by atoms with Crippen molar-refractivity contribution in [2.24, 2.45) is 0 Å². The van der Waals surface area contributed by atoms with Gasteiger partial charge in [0, 0.05) is 24.4 Å². The summed E-state index contributed by atoms with van der Waals surface area (Å²) in [7, 11) is 0. The van der Waals surface area contributed by atoms with Crippen molar-refractivity contribution in [1.82, 2.24) is 19.4 Å². The summed E-state index contributed by atoms with van der Waals surface area (Å²) in [6.45, 7) is 5.36. The van der Waals surface area contributed by atoms with Crippen molar-refractivity contribution >= 4 is 35.3 Å². The van der Waals surface area contributed by atoms with E-state index in [0.29, 0.717) is 25.3 Å². The fraction of sp³-hybridized carbons (Fsp3) is 0.357. The number of carbonyl (C=O) groups excluding carboxylic acids is 2. The zero-order valence-corrected chi connectivity index (χ0v) is 22.0. The topological polar surface area (TPSA) is 95.7 Å². The Kier molecular flexibility index (Phi) is 8.55. The minimum absolute atomic E-state index is 0.231. The lowest BCUT2D eigenvalue weighted by molar-refractivity contribution is -0.123. The number of rotatable bonds is 12. The molecule has 1 aromatic carbocycles. The molecule has 0 atom stereocenters. The first-order valence-corrected chi connectivity index (χ1v) is 13.5. The Labute approximate surface area is 220 Å². The SMILES string of the molecule is CCCCc1ncc(/C=C2\C(=O)N(CCCC)C(=O)N2Cc2cccs2)n1Cc1ccc(C(=O)O)cc1. The van der Waals surface area contributed by atoms with E-state index in [1.165, 1.54) is 4.90 Å². The maximum atomic E-state index is 13.4. The highest BCUT2D eigenvalue weighted by atomic mass is 32.1. The number of benzene rings is 1. The Morgan fingerprint density at radius 1 is 1.03 bits per heavy atom. The number of urea groups is 1. The van der Waals surface area contributed by atoms with Crippen LogP contribution in [0.25, 0.3) is 6.08 Å². The zero-order chi connectivity index (χ0) is 26.4. The smallest absolute Gasteiger partial charge is 0.335 e. The van der Waals surface area contributed by atoms with Crippen molar-refractivity contribution in [2.75, 3.05) is 6.54 Å². The summed E-state index contributed by atoms with van der Waals surface area (Å²) < 4.78 is 2.05. The normalized spacial score (nSPS) is 14.8. The standard InChI is InChI=1S/C28H32N4O4S/c1-3-5-9-25-29-17-22(31(25)18-20-10-12-21(13-11-20)27(34)35)16-24-26(33)30(14-6-4-2)28(36)32(24)19-23-8-7-15-37-23/h7-8,10-13,15-17H,3-6,9,14,18-19H2,1-2H3,(H,34,35)/b24-16+. The molecule has 1 aliphatic heterocycles. The molecule has 1 fully saturated rings. The van der Waals surface area contributed by atoms with Gasteiger partial charge in [-0.05, 0) is 48.1 Å². The second-order valence-corrected chi connectivity index (χ2v) is 10.1. The van der Waals surface area contributed by atoms with E-state index in [9.17, 15) is 19.5 Å². The van der Waals surface area contributed by atoms with E-state index >= 15 is 0 Å². The van der Waals surface area contributed by atoms with Gasteiger partial charge in [-0.15, -0.1) is 11.3 Å². The molecular formula is C28H32N4O4S. The first kappa shape index (κ1) is 26.3. The predicted molar refractivity (Wildman–Crippen MR) is 143 cm³/mol. The molecule has 0 unspecified atom stereocenters. The Morgan fingerprint density at radius 3 is 2.43 bits per heavy atom. The van der Waals surface area contributed by atoms with Crippen molar-refractivity contribution in [3.8, 4) is 0 Å². The van der Waals surface area contributed by atoms with E-state index in [1.807, 2.05) is 29.0 Å². The van der Waals surface area contributed by atoms with E-state index < -0.39 is 5.97 Å². The van der Waals surface area contributed by atoms with Crippen molar-refractivity contribution in [1.29, 1.82) is 0 Å². The van der Waals surface area contributed by atoms with Crippen molar-refractivity contribution in [3.05, 3.63) is 81.2 Å². The summed E-state index contributed by atoms with van der Waals surface area (Å²) in [6, 6.07) is 10.4. The van der Waals surface area contributed by atoms with E-state index in [1.54, 1.807) is 52.8 Å². The van der Waals surface area contributed by atoms with Crippen LogP contribution >= 0.6 is 11.3 Å². The van der Waals surface area contributed by atoms with Crippen molar-refractivity contribution in [3.63, 3.8) is 0 Å². The molecule has 37 heavy (non-hydrogen) atoms. The van der Waals surface area contributed by atoms with Crippen LogP contribution in [0.4, 0.5) is 4.79 Å². The average Bonchev–Trinajstić information content (AvgIpc) is 3.59. The number of imidazole rings is 1. The highest BCUT2D eigenvalue weighted by molar-refractivity contribution is 7.09. The lowest BCUT2D eigenvalue weighted by atomic mass is 10.1. The largest absolute Gasteiger partial charge is 0.478 e. The number of hydrogen-bond acceptors (Lipinski definition) is 5. The molecule has 4 rings (SSSR count). The quantitative estimate of drug-likeness (QED) is 0.246. The average molecular weight is 521 g/mol. The number of aryl methyl sites for hydroxylation is 1. The van der Waals surface area contributed by atoms with Gasteiger partial charge in [-0.25, -0.2) is 14.6 Å². The van der Waals surface area contributed by atoms with Crippen LogP contribution in [0.3, 0.4) is 0 Å². The molecule has 0 aliphatic carbocycles. The summed E-state index contributed by atoms with van der Waals surface area (Å²) in [5.74, 6) is -0.366. The molecule has 3 amide bonds. The number of thiophene rings is 1. The molecule has 1 saturated heterocycles. The number of carboxylic acids is 1. The van der Waals surface area contributed by atoms with Gasteiger partial charge in [-0.1, -0.05) is 44.9 Å². The molecule has 8 nitrogen and oxygen atoms in total. The van der Waals surface area contributed by atoms with Crippen LogP contribution in [0.1, 0.15) is 71.8 Å². The number of amides is 3. The van der Waals surface area contributed by atoms with Crippen LogP contribution < -0.4 is 0 Å². The van der Waals surface area contributed by atoms with Gasteiger partial charge in [0.15, 0.2) is 0 Å². The van der Waals surface area contributed by atoms with Crippen LogP contribution in [0, 0.1) is 0 Å². The van der Waals surface area contributed by atoms with E-state index in [2.05, 4.69) is 11.9 Å². The molecule has 3 aromatic rings. The van der Waals surface area contributed by atoms with Crippen molar-refractivity contribution in [2.45, 2.75) is 59.0 Å². The summed E-state index contributed by atoms with van der Waals surface area (Å²) in [6.07, 6.45) is 7.93. The molecule has 0 radical (unpaired) electrons. The number of carbonyl (C=O) groups is 3. The van der Waals surface area contributed by atoms with Gasteiger partial charge >= 0.3 is 12.0 Å². The molecule has 1 aliphatic rings. The maximum Gasteiger partial charge on any atom is 0.335 e. The number of aromatic nitrogens is 2. The Balaban J connectivity index is 1.71. The number of aromatic carboxylic acids is 1. The van der Waals surface area contributed by atoms with Crippen LogP contribution in [0.5, 0.6) is 0 Å². The summed E-state index contributed by atoms with van der Waals surface area (Å²) in [5, 5.41) is 11.2. The van der Waals surface area contributed by atoms with Gasteiger partial charge in [0.2, 0.25) is 0 Å². The summed E-state index contributed by atoms with van der Waals surface area (Å²) >= 11 is 1.55. The van der Waals surface area contributed by atoms with E-state index in [-0.39, 0.29) is 17.5 Å². The molecule has 3 heterocycles. The highest BCUT2D eigenvalue weighted by Gasteiger charge is 2.40. The molecule has 1 N–H and O–H groups in total. The van der Waals surface area contributed by atoms with Gasteiger partial charge in [0.25, 0.3) is 5.91 Å². The van der Waals surface area contributed by atoms with Crippen LogP contribution in [-0.4, -0.2) is 48.9 Å². The van der Waals surface area contributed by atoms with Gasteiger partial charge in [-0.3, -0.25) is 14.6 Å².